The van der Waals surface area contributed by atoms with Gasteiger partial charge in [0.2, 0.25) is 0 Å². The summed E-state index contributed by atoms with van der Waals surface area (Å²) in [4.78, 5) is 18.8. The van der Waals surface area contributed by atoms with E-state index in [1.165, 1.54) is 4.68 Å². The highest BCUT2D eigenvalue weighted by molar-refractivity contribution is 6.31. The summed E-state index contributed by atoms with van der Waals surface area (Å²) in [6.45, 7) is 12.8. The number of fused-ring (bicyclic) bond motifs is 1. The predicted octanol–water partition coefficient (Wildman–Crippen LogP) is 7.62. The van der Waals surface area contributed by atoms with Crippen LogP contribution in [-0.2, 0) is 0 Å². The molecule has 0 radical (unpaired) electrons. The third-order valence-corrected chi connectivity index (χ3v) is 6.97. The molecule has 4 rings (SSSR count). The van der Waals surface area contributed by atoms with Gasteiger partial charge in [0.15, 0.2) is 17.3 Å². The first-order valence-corrected chi connectivity index (χ1v) is 13.9. The Morgan fingerprint density at radius 1 is 1.07 bits per heavy atom. The fourth-order valence-corrected chi connectivity index (χ4v) is 4.66. The van der Waals surface area contributed by atoms with Gasteiger partial charge in [0.05, 0.1) is 36.9 Å². The summed E-state index contributed by atoms with van der Waals surface area (Å²) in [6, 6.07) is 14.8. The van der Waals surface area contributed by atoms with Crippen molar-refractivity contribution in [1.82, 2.24) is 9.66 Å². The number of ether oxygens (including phenoxy) is 3. The molecule has 0 saturated heterocycles. The van der Waals surface area contributed by atoms with Crippen molar-refractivity contribution in [3.8, 4) is 28.6 Å². The van der Waals surface area contributed by atoms with Gasteiger partial charge in [-0.3, -0.25) is 4.79 Å². The first-order valence-electron chi connectivity index (χ1n) is 13.6. The summed E-state index contributed by atoms with van der Waals surface area (Å²) in [7, 11) is 1.56. The zero-order valence-corrected chi connectivity index (χ0v) is 24.9. The van der Waals surface area contributed by atoms with Gasteiger partial charge in [0.25, 0.3) is 5.56 Å². The quantitative estimate of drug-likeness (QED) is 0.186. The summed E-state index contributed by atoms with van der Waals surface area (Å²) in [6.07, 6.45) is 2.31. The van der Waals surface area contributed by atoms with E-state index >= 15 is 0 Å². The molecule has 0 aliphatic carbocycles. The van der Waals surface area contributed by atoms with E-state index in [1.807, 2.05) is 58.0 Å². The van der Waals surface area contributed by atoms with E-state index < -0.39 is 0 Å². The van der Waals surface area contributed by atoms with Gasteiger partial charge >= 0.3 is 0 Å². The van der Waals surface area contributed by atoms with Crippen LogP contribution in [0.5, 0.6) is 17.2 Å². The van der Waals surface area contributed by atoms with Crippen LogP contribution < -0.4 is 19.8 Å². The maximum Gasteiger partial charge on any atom is 0.282 e. The number of aromatic nitrogens is 2. The average molecular weight is 562 g/mol. The first kappa shape index (κ1) is 29.2. The van der Waals surface area contributed by atoms with Crippen molar-refractivity contribution in [2.75, 3.05) is 13.7 Å². The molecule has 0 aliphatic heterocycles. The maximum atomic E-state index is 13.8. The van der Waals surface area contributed by atoms with Gasteiger partial charge in [-0.2, -0.15) is 9.78 Å². The Labute approximate surface area is 240 Å². The summed E-state index contributed by atoms with van der Waals surface area (Å²) in [5.74, 6) is 2.45. The highest BCUT2D eigenvalue weighted by atomic mass is 35.5. The number of halogens is 1. The van der Waals surface area contributed by atoms with Crippen LogP contribution in [0, 0.1) is 6.92 Å². The molecule has 1 atom stereocenters. The van der Waals surface area contributed by atoms with Crippen molar-refractivity contribution in [3.05, 3.63) is 80.6 Å². The maximum absolute atomic E-state index is 13.8. The molecule has 7 nitrogen and oxygen atoms in total. The molecule has 0 amide bonds. The van der Waals surface area contributed by atoms with Crippen LogP contribution in [-0.4, -0.2) is 35.7 Å². The molecule has 4 aromatic rings. The van der Waals surface area contributed by atoms with Gasteiger partial charge < -0.3 is 14.2 Å². The van der Waals surface area contributed by atoms with Gasteiger partial charge in [-0.15, -0.1) is 0 Å². The number of nitrogens with zero attached hydrogens (tertiary/aromatic N) is 3. The molecule has 0 bridgehead atoms. The molecular formula is C32H36ClN3O4. The lowest BCUT2D eigenvalue weighted by Gasteiger charge is -2.19. The minimum Gasteiger partial charge on any atom is -0.494 e. The molecule has 1 heterocycles. The van der Waals surface area contributed by atoms with Crippen LogP contribution in [0.25, 0.3) is 22.3 Å². The molecular weight excluding hydrogens is 526 g/mol. The van der Waals surface area contributed by atoms with Crippen LogP contribution in [0.15, 0.2) is 58.4 Å². The van der Waals surface area contributed by atoms with Crippen molar-refractivity contribution in [3.63, 3.8) is 0 Å². The molecule has 3 aromatic carbocycles. The van der Waals surface area contributed by atoms with Crippen LogP contribution >= 0.6 is 11.6 Å². The summed E-state index contributed by atoms with van der Waals surface area (Å²) >= 11 is 6.41. The van der Waals surface area contributed by atoms with Crippen LogP contribution in [0.3, 0.4) is 0 Å². The van der Waals surface area contributed by atoms with E-state index in [9.17, 15) is 4.79 Å². The van der Waals surface area contributed by atoms with Crippen molar-refractivity contribution >= 4 is 28.7 Å². The van der Waals surface area contributed by atoms with Crippen LogP contribution in [0.2, 0.25) is 5.02 Å². The number of methoxy groups -OCH3 is 1. The smallest absolute Gasteiger partial charge is 0.282 e. The van der Waals surface area contributed by atoms with E-state index in [2.05, 4.69) is 18.9 Å². The highest BCUT2D eigenvalue weighted by Crippen LogP contribution is 2.36. The topological polar surface area (TPSA) is 74.9 Å². The van der Waals surface area contributed by atoms with Crippen molar-refractivity contribution in [1.29, 1.82) is 0 Å². The fourth-order valence-electron chi connectivity index (χ4n) is 4.44. The molecule has 210 valence electrons. The lowest BCUT2D eigenvalue weighted by molar-refractivity contribution is 0.207. The summed E-state index contributed by atoms with van der Waals surface area (Å²) < 4.78 is 19.0. The normalized spacial score (nSPS) is 12.3. The Bertz CT molecular complexity index is 1610. The number of aryl methyl sites for hydroxylation is 1. The molecule has 0 fully saturated rings. The molecule has 1 aromatic heterocycles. The number of rotatable bonds is 10. The molecule has 0 saturated carbocycles. The van der Waals surface area contributed by atoms with E-state index in [4.69, 9.17) is 30.8 Å². The number of hydrogen-bond donors (Lipinski definition) is 0. The Morgan fingerprint density at radius 2 is 1.82 bits per heavy atom. The van der Waals surface area contributed by atoms with Gasteiger partial charge in [0, 0.05) is 22.2 Å². The second-order valence-electron chi connectivity index (χ2n) is 9.97. The minimum absolute atomic E-state index is 0.0659. The van der Waals surface area contributed by atoms with Gasteiger partial charge in [-0.25, -0.2) is 4.98 Å². The first-order chi connectivity index (χ1) is 19.2. The second-order valence-corrected chi connectivity index (χ2v) is 10.4. The van der Waals surface area contributed by atoms with E-state index in [1.54, 1.807) is 31.5 Å². The van der Waals surface area contributed by atoms with E-state index in [0.29, 0.717) is 45.4 Å². The summed E-state index contributed by atoms with van der Waals surface area (Å²) in [5, 5.41) is 5.61. The van der Waals surface area contributed by atoms with E-state index in [0.717, 1.165) is 28.9 Å². The number of para-hydroxylation sites is 1. The lowest BCUT2D eigenvalue weighted by Crippen LogP contribution is -2.21. The average Bonchev–Trinajstić information content (AvgIpc) is 2.93. The largest absolute Gasteiger partial charge is 0.494 e. The van der Waals surface area contributed by atoms with Gasteiger partial charge in [0.1, 0.15) is 5.75 Å². The van der Waals surface area contributed by atoms with Crippen LogP contribution in [0.4, 0.5) is 0 Å². The minimum atomic E-state index is -0.283. The number of hydrogen-bond acceptors (Lipinski definition) is 6. The lowest BCUT2D eigenvalue weighted by atomic mass is 9.96. The van der Waals surface area contributed by atoms with Crippen molar-refractivity contribution < 1.29 is 14.2 Å². The molecule has 40 heavy (non-hydrogen) atoms. The number of benzene rings is 3. The third-order valence-electron chi connectivity index (χ3n) is 6.75. The third kappa shape index (κ3) is 5.99. The molecule has 0 aliphatic rings. The van der Waals surface area contributed by atoms with Crippen LogP contribution in [0.1, 0.15) is 63.6 Å². The van der Waals surface area contributed by atoms with Gasteiger partial charge in [-0.1, -0.05) is 44.5 Å². The van der Waals surface area contributed by atoms with E-state index in [-0.39, 0.29) is 17.6 Å². The Hall–Kier alpha value is -3.84. The Kier molecular flexibility index (Phi) is 9.15. The van der Waals surface area contributed by atoms with Crippen molar-refractivity contribution in [2.24, 2.45) is 5.10 Å². The zero-order valence-electron chi connectivity index (χ0n) is 24.1. The molecule has 0 unspecified atom stereocenters. The SMILES string of the molecule is CCOc1cc(C)c(-c2nc3ccccc3c(=O)n2N=Cc2cc(Cl)cc(OC)c2O[C@H](C)CC)cc1C(C)C. The zero-order chi connectivity index (χ0) is 29.0. The second kappa shape index (κ2) is 12.6. The predicted molar refractivity (Wildman–Crippen MR) is 163 cm³/mol. The fraction of sp³-hybridized carbons (Fsp3) is 0.344. The Balaban J connectivity index is 1.98. The highest BCUT2D eigenvalue weighted by Gasteiger charge is 2.19. The van der Waals surface area contributed by atoms with Crippen molar-refractivity contribution in [2.45, 2.75) is 60.0 Å². The summed E-state index contributed by atoms with van der Waals surface area (Å²) in [5.41, 5.74) is 3.65. The molecule has 8 heteroatoms. The monoisotopic (exact) mass is 561 g/mol. The molecule has 0 N–H and O–H groups in total. The van der Waals surface area contributed by atoms with Gasteiger partial charge in [-0.05, 0) is 74.6 Å². The Morgan fingerprint density at radius 3 is 2.50 bits per heavy atom. The molecule has 0 spiro atoms. The standard InChI is InChI=1S/C32H36ClN3O4/c1-8-21(6)40-30-22(15-23(33)16-29(30)38-7)18-34-36-31(35-27-13-11-10-12-24(27)32(36)37)26-17-25(19(3)4)28(39-9-2)14-20(26)5/h10-19,21H,8-9H2,1-7H3/t21-/m1/s1.